The van der Waals surface area contributed by atoms with E-state index >= 15 is 0 Å². The second-order valence-corrected chi connectivity index (χ2v) is 4.61. The Morgan fingerprint density at radius 1 is 1.65 bits per heavy atom. The monoisotopic (exact) mass is 235 g/mol. The highest BCUT2D eigenvalue weighted by atomic mass is 16.2. The molecule has 0 bridgehead atoms. The van der Waals surface area contributed by atoms with Gasteiger partial charge in [-0.1, -0.05) is 0 Å². The van der Waals surface area contributed by atoms with Gasteiger partial charge in [0.2, 0.25) is 0 Å². The third kappa shape index (κ3) is 2.94. The Morgan fingerprint density at radius 2 is 2.35 bits per heavy atom. The lowest BCUT2D eigenvalue weighted by Crippen LogP contribution is -2.39. The van der Waals surface area contributed by atoms with Crippen molar-refractivity contribution in [3.05, 3.63) is 33.7 Å². The van der Waals surface area contributed by atoms with Crippen molar-refractivity contribution in [1.29, 1.82) is 0 Å². The van der Waals surface area contributed by atoms with Crippen LogP contribution in [0.3, 0.4) is 0 Å². The van der Waals surface area contributed by atoms with Gasteiger partial charge in [0, 0.05) is 30.5 Å². The predicted octanol–water partition coefficient (Wildman–Crippen LogP) is 0.150. The molecule has 1 aromatic heterocycles. The van der Waals surface area contributed by atoms with E-state index in [0.717, 1.165) is 18.5 Å². The van der Waals surface area contributed by atoms with Gasteiger partial charge >= 0.3 is 0 Å². The van der Waals surface area contributed by atoms with Crippen molar-refractivity contribution in [2.24, 2.45) is 11.7 Å². The molecule has 1 aliphatic rings. The molecule has 0 aromatic carbocycles. The zero-order valence-corrected chi connectivity index (χ0v) is 9.82. The number of carbonyl (C=O) groups is 1. The summed E-state index contributed by atoms with van der Waals surface area (Å²) in [5, 5.41) is 2.70. The number of amides is 1. The van der Waals surface area contributed by atoms with Crippen LogP contribution >= 0.6 is 0 Å². The van der Waals surface area contributed by atoms with Crippen LogP contribution in [0.1, 0.15) is 28.9 Å². The molecule has 1 fully saturated rings. The van der Waals surface area contributed by atoms with Crippen molar-refractivity contribution >= 4 is 5.91 Å². The summed E-state index contributed by atoms with van der Waals surface area (Å²) in [5.74, 6) is 0.175. The van der Waals surface area contributed by atoms with Gasteiger partial charge in [0.1, 0.15) is 5.56 Å². The topological polar surface area (TPSA) is 88.0 Å². The summed E-state index contributed by atoms with van der Waals surface area (Å²) in [6.07, 6.45) is 3.72. The van der Waals surface area contributed by atoms with Crippen molar-refractivity contribution < 1.29 is 4.79 Å². The minimum atomic E-state index is -0.359. The van der Waals surface area contributed by atoms with E-state index in [1.807, 2.05) is 0 Å². The van der Waals surface area contributed by atoms with Crippen LogP contribution in [0, 0.1) is 12.8 Å². The molecule has 1 unspecified atom stereocenters. The van der Waals surface area contributed by atoms with E-state index in [-0.39, 0.29) is 22.9 Å². The molecular formula is C12H17N3O2. The Kier molecular flexibility index (Phi) is 3.28. The highest BCUT2D eigenvalue weighted by molar-refractivity contribution is 5.93. The number of hydrogen-bond acceptors (Lipinski definition) is 3. The van der Waals surface area contributed by atoms with Crippen LogP contribution in [0.2, 0.25) is 0 Å². The Hall–Kier alpha value is -1.62. The predicted molar refractivity (Wildman–Crippen MR) is 64.8 cm³/mol. The summed E-state index contributed by atoms with van der Waals surface area (Å²) in [6.45, 7) is 2.20. The molecule has 0 saturated heterocycles. The van der Waals surface area contributed by atoms with Crippen LogP contribution in [0.5, 0.6) is 0 Å². The van der Waals surface area contributed by atoms with Crippen LogP contribution in [0.25, 0.3) is 0 Å². The first kappa shape index (κ1) is 11.9. The van der Waals surface area contributed by atoms with Crippen LogP contribution in [0.15, 0.2) is 17.1 Å². The number of hydrogen-bond donors (Lipinski definition) is 3. The fraction of sp³-hybridized carbons (Fsp3) is 0.500. The van der Waals surface area contributed by atoms with E-state index < -0.39 is 0 Å². The maximum atomic E-state index is 11.7. The molecule has 0 radical (unpaired) electrons. The lowest BCUT2D eigenvalue weighted by atomic mass is 10.2. The van der Waals surface area contributed by atoms with Crippen LogP contribution < -0.4 is 16.5 Å². The number of aryl methyl sites for hydroxylation is 1. The van der Waals surface area contributed by atoms with E-state index in [4.69, 9.17) is 5.73 Å². The van der Waals surface area contributed by atoms with E-state index in [2.05, 4.69) is 10.3 Å². The van der Waals surface area contributed by atoms with Gasteiger partial charge in [0.25, 0.3) is 5.91 Å². The van der Waals surface area contributed by atoms with E-state index in [0.29, 0.717) is 12.5 Å². The molecule has 1 aliphatic carbocycles. The van der Waals surface area contributed by atoms with Crippen molar-refractivity contribution in [3.8, 4) is 0 Å². The summed E-state index contributed by atoms with van der Waals surface area (Å²) in [6, 6.07) is 1.42. The Labute approximate surface area is 99.4 Å². The first-order valence-corrected chi connectivity index (χ1v) is 5.81. The Morgan fingerprint density at radius 3 is 2.94 bits per heavy atom. The number of carbonyl (C=O) groups excluding carboxylic acids is 1. The summed E-state index contributed by atoms with van der Waals surface area (Å²) < 4.78 is 0. The minimum Gasteiger partial charge on any atom is -0.364 e. The van der Waals surface area contributed by atoms with Crippen molar-refractivity contribution in [3.63, 3.8) is 0 Å². The van der Waals surface area contributed by atoms with Gasteiger partial charge < -0.3 is 16.0 Å². The van der Waals surface area contributed by atoms with Gasteiger partial charge in [0.05, 0.1) is 0 Å². The normalized spacial score (nSPS) is 16.6. The number of nitrogens with two attached hydrogens (primary N) is 1. The van der Waals surface area contributed by atoms with E-state index in [1.54, 1.807) is 6.92 Å². The number of H-pyrrole nitrogens is 1. The average Bonchev–Trinajstić information content (AvgIpc) is 3.09. The average molecular weight is 235 g/mol. The first-order chi connectivity index (χ1) is 8.08. The third-order valence-corrected chi connectivity index (χ3v) is 3.03. The van der Waals surface area contributed by atoms with Crippen molar-refractivity contribution in [1.82, 2.24) is 10.3 Å². The number of aromatic amines is 1. The summed E-state index contributed by atoms with van der Waals surface area (Å²) in [7, 11) is 0. The largest absolute Gasteiger partial charge is 0.364 e. The molecule has 2 rings (SSSR count). The summed E-state index contributed by atoms with van der Waals surface area (Å²) in [5.41, 5.74) is 6.48. The second kappa shape index (κ2) is 4.71. The molecule has 92 valence electrons. The van der Waals surface area contributed by atoms with Gasteiger partial charge in [-0.3, -0.25) is 9.59 Å². The van der Waals surface area contributed by atoms with Gasteiger partial charge in [0.15, 0.2) is 5.43 Å². The molecule has 1 heterocycles. The molecular weight excluding hydrogens is 218 g/mol. The van der Waals surface area contributed by atoms with Crippen LogP contribution in [-0.4, -0.2) is 23.5 Å². The quantitative estimate of drug-likeness (QED) is 0.694. The summed E-state index contributed by atoms with van der Waals surface area (Å²) in [4.78, 5) is 26.2. The van der Waals surface area contributed by atoms with Gasteiger partial charge in [-0.25, -0.2) is 0 Å². The molecule has 1 atom stereocenters. The number of nitrogens with one attached hydrogen (secondary N) is 2. The van der Waals surface area contributed by atoms with Crippen molar-refractivity contribution in [2.45, 2.75) is 25.8 Å². The molecule has 0 aliphatic heterocycles. The molecule has 1 saturated carbocycles. The Bertz CT molecular complexity index is 477. The second-order valence-electron chi connectivity index (χ2n) is 4.61. The fourth-order valence-corrected chi connectivity index (χ4v) is 1.75. The van der Waals surface area contributed by atoms with Gasteiger partial charge in [-0.05, 0) is 25.7 Å². The molecule has 5 heteroatoms. The number of rotatable bonds is 4. The van der Waals surface area contributed by atoms with Crippen molar-refractivity contribution in [2.75, 3.05) is 6.54 Å². The zero-order chi connectivity index (χ0) is 12.4. The van der Waals surface area contributed by atoms with Gasteiger partial charge in [-0.15, -0.1) is 0 Å². The lowest BCUT2D eigenvalue weighted by Gasteiger charge is -2.11. The summed E-state index contributed by atoms with van der Waals surface area (Å²) >= 11 is 0. The minimum absolute atomic E-state index is 0.00322. The van der Waals surface area contributed by atoms with Crippen LogP contribution in [0.4, 0.5) is 0 Å². The first-order valence-electron chi connectivity index (χ1n) is 5.81. The SMILES string of the molecule is Cc1cc(=O)c(C(=O)NCC(N)C2CC2)c[nH]1. The van der Waals surface area contributed by atoms with E-state index in [9.17, 15) is 9.59 Å². The highest BCUT2D eigenvalue weighted by Gasteiger charge is 2.28. The third-order valence-electron chi connectivity index (χ3n) is 3.03. The Balaban J connectivity index is 1.96. The molecule has 17 heavy (non-hydrogen) atoms. The fourth-order valence-electron chi connectivity index (χ4n) is 1.75. The zero-order valence-electron chi connectivity index (χ0n) is 9.82. The van der Waals surface area contributed by atoms with E-state index in [1.165, 1.54) is 12.3 Å². The molecule has 1 aromatic rings. The number of aromatic nitrogens is 1. The smallest absolute Gasteiger partial charge is 0.256 e. The molecule has 0 spiro atoms. The lowest BCUT2D eigenvalue weighted by molar-refractivity contribution is 0.0949. The molecule has 4 N–H and O–H groups in total. The van der Waals surface area contributed by atoms with Crippen LogP contribution in [-0.2, 0) is 0 Å². The highest BCUT2D eigenvalue weighted by Crippen LogP contribution is 2.31. The standard InChI is InChI=1S/C12H17N3O2/c1-7-4-11(16)9(5-14-7)12(17)15-6-10(13)8-2-3-8/h4-5,8,10H,2-3,6,13H2,1H3,(H,14,16)(H,15,17). The maximum Gasteiger partial charge on any atom is 0.256 e. The number of pyridine rings is 1. The van der Waals surface area contributed by atoms with Gasteiger partial charge in [-0.2, -0.15) is 0 Å². The maximum absolute atomic E-state index is 11.7. The molecule has 1 amide bonds. The molecule has 5 nitrogen and oxygen atoms in total.